The molecule has 0 saturated carbocycles. The summed E-state index contributed by atoms with van der Waals surface area (Å²) in [5, 5.41) is 0. The van der Waals surface area contributed by atoms with Crippen molar-refractivity contribution in [3.8, 4) is 5.75 Å². The summed E-state index contributed by atoms with van der Waals surface area (Å²) >= 11 is 0. The van der Waals surface area contributed by atoms with Crippen LogP contribution in [0.25, 0.3) is 0 Å². The second-order valence-corrected chi connectivity index (χ2v) is 4.70. The molecule has 1 heterocycles. The zero-order valence-corrected chi connectivity index (χ0v) is 9.39. The normalized spacial score (nSPS) is 11.1. The van der Waals surface area contributed by atoms with Gasteiger partial charge in [0.25, 0.3) is 0 Å². The van der Waals surface area contributed by atoms with Crippen molar-refractivity contribution in [2.24, 2.45) is 0 Å². The molecule has 0 amide bonds. The fourth-order valence-electron chi connectivity index (χ4n) is 1.17. The van der Waals surface area contributed by atoms with Crippen LogP contribution in [0, 0.1) is 5.82 Å². The molecule has 0 aliphatic heterocycles. The predicted molar refractivity (Wildman–Crippen MR) is 58.5 cm³/mol. The van der Waals surface area contributed by atoms with Crippen molar-refractivity contribution >= 4 is 10.1 Å². The summed E-state index contributed by atoms with van der Waals surface area (Å²) in [5.41, 5.74) is 0. The summed E-state index contributed by atoms with van der Waals surface area (Å²) in [7, 11) is -4.04. The van der Waals surface area contributed by atoms with E-state index in [2.05, 4.69) is 9.17 Å². The van der Waals surface area contributed by atoms with Gasteiger partial charge in [-0.2, -0.15) is 8.42 Å². The van der Waals surface area contributed by atoms with Crippen molar-refractivity contribution < 1.29 is 17.0 Å². The van der Waals surface area contributed by atoms with Crippen molar-refractivity contribution in [1.29, 1.82) is 0 Å². The molecule has 0 unspecified atom stereocenters. The molecule has 0 fully saturated rings. The third-order valence-corrected chi connectivity index (χ3v) is 3.18. The van der Waals surface area contributed by atoms with Crippen LogP contribution in [0.1, 0.15) is 0 Å². The van der Waals surface area contributed by atoms with Crippen molar-refractivity contribution in [3.63, 3.8) is 0 Å². The molecule has 0 aliphatic rings. The van der Waals surface area contributed by atoms with E-state index >= 15 is 0 Å². The van der Waals surface area contributed by atoms with E-state index in [0.717, 1.165) is 12.3 Å². The standard InChI is InChI=1S/C11H8FNO3S/c12-10-5-1-2-6-11(10)16-17(14,15)9-4-3-7-13-8-9/h1-8H. The van der Waals surface area contributed by atoms with E-state index in [1.165, 1.54) is 36.5 Å². The van der Waals surface area contributed by atoms with Gasteiger partial charge >= 0.3 is 10.1 Å². The number of rotatable bonds is 3. The third kappa shape index (κ3) is 2.59. The maximum atomic E-state index is 13.2. The summed E-state index contributed by atoms with van der Waals surface area (Å²) in [6.45, 7) is 0. The molecule has 6 heteroatoms. The van der Waals surface area contributed by atoms with Gasteiger partial charge in [0.05, 0.1) is 0 Å². The van der Waals surface area contributed by atoms with Gasteiger partial charge in [0.15, 0.2) is 11.6 Å². The SMILES string of the molecule is O=S(=O)(Oc1ccccc1F)c1cccnc1. The maximum Gasteiger partial charge on any atom is 0.340 e. The first kappa shape index (κ1) is 11.5. The Morgan fingerprint density at radius 2 is 1.88 bits per heavy atom. The van der Waals surface area contributed by atoms with Crippen LogP contribution in [0.15, 0.2) is 53.7 Å². The molecule has 0 aliphatic carbocycles. The average molecular weight is 253 g/mol. The summed E-state index contributed by atoms with van der Waals surface area (Å²) in [4.78, 5) is 3.54. The van der Waals surface area contributed by atoms with Gasteiger partial charge in [0.1, 0.15) is 4.90 Å². The molecule has 0 atom stereocenters. The summed E-state index contributed by atoms with van der Waals surface area (Å²) in [5.74, 6) is -1.07. The largest absolute Gasteiger partial charge is 0.376 e. The number of aromatic nitrogens is 1. The van der Waals surface area contributed by atoms with Crippen LogP contribution in [0.4, 0.5) is 4.39 Å². The van der Waals surface area contributed by atoms with E-state index in [1.807, 2.05) is 0 Å². The minimum absolute atomic E-state index is 0.122. The van der Waals surface area contributed by atoms with E-state index in [9.17, 15) is 12.8 Å². The zero-order chi connectivity index (χ0) is 12.3. The Balaban J connectivity index is 2.34. The van der Waals surface area contributed by atoms with Gasteiger partial charge in [0, 0.05) is 12.4 Å². The molecule has 0 saturated heterocycles. The maximum absolute atomic E-state index is 13.2. The molecule has 2 rings (SSSR count). The van der Waals surface area contributed by atoms with Crippen LogP contribution in [-0.2, 0) is 10.1 Å². The first-order valence-corrected chi connectivity index (χ1v) is 6.09. The Morgan fingerprint density at radius 1 is 1.12 bits per heavy atom. The number of benzene rings is 1. The highest BCUT2D eigenvalue weighted by Crippen LogP contribution is 2.20. The number of para-hydroxylation sites is 1. The molecule has 0 spiro atoms. The van der Waals surface area contributed by atoms with Gasteiger partial charge in [-0.1, -0.05) is 12.1 Å². The van der Waals surface area contributed by atoms with E-state index < -0.39 is 15.9 Å². The molecule has 0 bridgehead atoms. The first-order chi connectivity index (χ1) is 8.09. The van der Waals surface area contributed by atoms with Crippen molar-refractivity contribution in [3.05, 3.63) is 54.6 Å². The summed E-state index contributed by atoms with van der Waals surface area (Å²) < 4.78 is 41.4. The lowest BCUT2D eigenvalue weighted by molar-refractivity contribution is 0.461. The Morgan fingerprint density at radius 3 is 2.53 bits per heavy atom. The van der Waals surface area contributed by atoms with Gasteiger partial charge in [0.2, 0.25) is 0 Å². The molecule has 0 N–H and O–H groups in total. The number of hydrogen-bond acceptors (Lipinski definition) is 4. The van der Waals surface area contributed by atoms with Gasteiger partial charge in [-0.15, -0.1) is 0 Å². The smallest absolute Gasteiger partial charge is 0.340 e. The van der Waals surface area contributed by atoms with Crippen LogP contribution in [0.2, 0.25) is 0 Å². The molecule has 1 aromatic carbocycles. The summed E-state index contributed by atoms with van der Waals surface area (Å²) in [6, 6.07) is 8.06. The molecule has 1 aromatic heterocycles. The van der Waals surface area contributed by atoms with E-state index in [1.54, 1.807) is 0 Å². The van der Waals surface area contributed by atoms with Crippen LogP contribution in [0.3, 0.4) is 0 Å². The Kier molecular flexibility index (Phi) is 3.06. The van der Waals surface area contributed by atoms with Gasteiger partial charge in [-0.25, -0.2) is 4.39 Å². The molecule has 2 aromatic rings. The monoisotopic (exact) mass is 253 g/mol. The minimum Gasteiger partial charge on any atom is -0.376 e. The fraction of sp³-hybridized carbons (Fsp3) is 0. The number of nitrogens with zero attached hydrogens (tertiary/aromatic N) is 1. The third-order valence-electron chi connectivity index (χ3n) is 1.96. The quantitative estimate of drug-likeness (QED) is 0.785. The Hall–Kier alpha value is -1.95. The second kappa shape index (κ2) is 4.50. The molecular weight excluding hydrogens is 245 g/mol. The molecule has 4 nitrogen and oxygen atoms in total. The van der Waals surface area contributed by atoms with Crippen LogP contribution in [-0.4, -0.2) is 13.4 Å². The predicted octanol–water partition coefficient (Wildman–Crippen LogP) is 1.99. The lowest BCUT2D eigenvalue weighted by Gasteiger charge is -2.06. The van der Waals surface area contributed by atoms with Crippen LogP contribution in [0.5, 0.6) is 5.75 Å². The van der Waals surface area contributed by atoms with E-state index in [-0.39, 0.29) is 10.6 Å². The van der Waals surface area contributed by atoms with Crippen molar-refractivity contribution in [2.45, 2.75) is 4.90 Å². The molecule has 0 radical (unpaired) electrons. The lowest BCUT2D eigenvalue weighted by atomic mass is 10.3. The fourth-order valence-corrected chi connectivity index (χ4v) is 2.08. The minimum atomic E-state index is -4.04. The van der Waals surface area contributed by atoms with Crippen LogP contribution < -0.4 is 4.18 Å². The zero-order valence-electron chi connectivity index (χ0n) is 8.58. The highest BCUT2D eigenvalue weighted by atomic mass is 32.2. The van der Waals surface area contributed by atoms with Crippen molar-refractivity contribution in [2.75, 3.05) is 0 Å². The molecular formula is C11H8FNO3S. The van der Waals surface area contributed by atoms with Gasteiger partial charge in [-0.3, -0.25) is 4.98 Å². The Bertz CT molecular complexity index is 614. The van der Waals surface area contributed by atoms with E-state index in [4.69, 9.17) is 0 Å². The van der Waals surface area contributed by atoms with Crippen LogP contribution >= 0.6 is 0 Å². The molecule has 88 valence electrons. The topological polar surface area (TPSA) is 56.3 Å². The van der Waals surface area contributed by atoms with Gasteiger partial charge in [-0.05, 0) is 24.3 Å². The first-order valence-electron chi connectivity index (χ1n) is 4.68. The second-order valence-electron chi connectivity index (χ2n) is 3.16. The van der Waals surface area contributed by atoms with E-state index in [0.29, 0.717) is 0 Å². The highest BCUT2D eigenvalue weighted by molar-refractivity contribution is 7.87. The highest BCUT2D eigenvalue weighted by Gasteiger charge is 2.18. The Labute approximate surface area is 97.8 Å². The number of halogens is 1. The number of pyridine rings is 1. The molecule has 17 heavy (non-hydrogen) atoms. The average Bonchev–Trinajstić information content (AvgIpc) is 2.33. The summed E-state index contributed by atoms with van der Waals surface area (Å²) in [6.07, 6.45) is 2.57. The number of hydrogen-bond donors (Lipinski definition) is 0. The van der Waals surface area contributed by atoms with Gasteiger partial charge < -0.3 is 4.18 Å². The lowest BCUT2D eigenvalue weighted by Crippen LogP contribution is -2.10. The van der Waals surface area contributed by atoms with Crippen molar-refractivity contribution in [1.82, 2.24) is 4.98 Å².